The first kappa shape index (κ1) is 15.5. The zero-order chi connectivity index (χ0) is 14.4. The quantitative estimate of drug-likeness (QED) is 0.607. The van der Waals surface area contributed by atoms with Gasteiger partial charge in [0.1, 0.15) is 0 Å². The number of benzene rings is 2. The Balaban J connectivity index is 1.80. The van der Waals surface area contributed by atoms with E-state index in [9.17, 15) is 4.57 Å². The molecule has 0 spiro atoms. The van der Waals surface area contributed by atoms with E-state index in [4.69, 9.17) is 9.79 Å². The first-order valence-electron chi connectivity index (χ1n) is 6.31. The van der Waals surface area contributed by atoms with Gasteiger partial charge in [-0.2, -0.15) is 11.8 Å². The third kappa shape index (κ3) is 4.93. The van der Waals surface area contributed by atoms with Crippen molar-refractivity contribution in [3.05, 3.63) is 48.0 Å². The van der Waals surface area contributed by atoms with E-state index >= 15 is 0 Å². The summed E-state index contributed by atoms with van der Waals surface area (Å²) in [7, 11) is -4.32. The van der Waals surface area contributed by atoms with E-state index in [0.717, 1.165) is 12.2 Å². The van der Waals surface area contributed by atoms with E-state index in [1.165, 1.54) is 16.3 Å². The Hall–Kier alpha value is -0.840. The minimum Gasteiger partial charge on any atom is -0.303 e. The van der Waals surface area contributed by atoms with Crippen LogP contribution < -0.4 is 0 Å². The van der Waals surface area contributed by atoms with Gasteiger partial charge in [0.25, 0.3) is 0 Å². The lowest BCUT2D eigenvalue weighted by Gasteiger charge is -2.07. The number of rotatable bonds is 7. The molecule has 2 aromatic rings. The topological polar surface area (TPSA) is 66.8 Å². The van der Waals surface area contributed by atoms with Crippen molar-refractivity contribution in [3.63, 3.8) is 0 Å². The van der Waals surface area contributed by atoms with Crippen molar-refractivity contribution in [2.45, 2.75) is 6.42 Å². The smallest absolute Gasteiger partial charge is 0.303 e. The molecule has 4 nitrogen and oxygen atoms in total. The molecule has 0 aliphatic rings. The Morgan fingerprint density at radius 2 is 1.80 bits per heavy atom. The number of aryl methyl sites for hydroxylation is 1. The molecule has 0 aliphatic carbocycles. The zero-order valence-electron chi connectivity index (χ0n) is 10.9. The van der Waals surface area contributed by atoms with Gasteiger partial charge in [0, 0.05) is 5.75 Å². The standard InChI is InChI=1S/C14H17O4PS/c15-19(16,17)18-9-11-20-10-8-13-6-3-5-12-4-1-2-7-14(12)13/h1-7H,8-11H2,(H2,15,16,17). The summed E-state index contributed by atoms with van der Waals surface area (Å²) in [4.78, 5) is 17.1. The first-order chi connectivity index (χ1) is 9.56. The predicted molar refractivity (Wildman–Crippen MR) is 83.0 cm³/mol. The van der Waals surface area contributed by atoms with Crippen LogP contribution in [0.5, 0.6) is 0 Å². The Bertz CT molecular complexity index is 606. The summed E-state index contributed by atoms with van der Waals surface area (Å²) >= 11 is 1.63. The van der Waals surface area contributed by atoms with E-state index in [2.05, 4.69) is 34.9 Å². The maximum absolute atomic E-state index is 10.5. The highest BCUT2D eigenvalue weighted by atomic mass is 32.2. The minimum atomic E-state index is -4.32. The van der Waals surface area contributed by atoms with E-state index < -0.39 is 7.82 Å². The maximum atomic E-state index is 10.5. The molecule has 0 bridgehead atoms. The van der Waals surface area contributed by atoms with Crippen LogP contribution in [0.1, 0.15) is 5.56 Å². The zero-order valence-corrected chi connectivity index (χ0v) is 12.6. The van der Waals surface area contributed by atoms with Gasteiger partial charge < -0.3 is 9.79 Å². The molecular formula is C14H17O4PS. The minimum absolute atomic E-state index is 0.0739. The molecule has 0 saturated heterocycles. The van der Waals surface area contributed by atoms with Crippen LogP contribution in [0, 0.1) is 0 Å². The molecule has 2 aromatic carbocycles. The Morgan fingerprint density at radius 1 is 1.05 bits per heavy atom. The SMILES string of the molecule is O=P(O)(O)OCCSCCc1cccc2ccccc12. The van der Waals surface area contributed by atoms with Gasteiger partial charge >= 0.3 is 7.82 Å². The summed E-state index contributed by atoms with van der Waals surface area (Å²) in [5.74, 6) is 1.48. The molecule has 0 aromatic heterocycles. The Morgan fingerprint density at radius 3 is 2.60 bits per heavy atom. The van der Waals surface area contributed by atoms with Crippen LogP contribution in [0.15, 0.2) is 42.5 Å². The first-order valence-corrected chi connectivity index (χ1v) is 8.99. The lowest BCUT2D eigenvalue weighted by atomic mass is 10.0. The van der Waals surface area contributed by atoms with Gasteiger partial charge in [-0.1, -0.05) is 42.5 Å². The Kier molecular flexibility index (Phi) is 5.64. The van der Waals surface area contributed by atoms with Gasteiger partial charge in [0.05, 0.1) is 6.61 Å². The van der Waals surface area contributed by atoms with Gasteiger partial charge in [-0.3, -0.25) is 4.52 Å². The molecule has 0 radical (unpaired) electrons. The fourth-order valence-electron chi connectivity index (χ4n) is 2.01. The van der Waals surface area contributed by atoms with Crippen molar-refractivity contribution in [1.29, 1.82) is 0 Å². The molecule has 0 atom stereocenters. The van der Waals surface area contributed by atoms with Crippen molar-refractivity contribution < 1.29 is 18.9 Å². The molecule has 0 saturated carbocycles. The lowest BCUT2D eigenvalue weighted by molar-refractivity contribution is 0.208. The average molecular weight is 312 g/mol. The van der Waals surface area contributed by atoms with Crippen LogP contribution in [-0.4, -0.2) is 27.9 Å². The third-order valence-electron chi connectivity index (χ3n) is 2.88. The third-order valence-corrected chi connectivity index (χ3v) is 4.35. The van der Waals surface area contributed by atoms with Crippen molar-refractivity contribution in [2.24, 2.45) is 0 Å². The maximum Gasteiger partial charge on any atom is 0.469 e. The van der Waals surface area contributed by atoms with E-state index in [0.29, 0.717) is 5.75 Å². The molecule has 0 unspecified atom stereocenters. The second-order valence-corrected chi connectivity index (χ2v) is 6.79. The van der Waals surface area contributed by atoms with E-state index in [1.54, 1.807) is 11.8 Å². The van der Waals surface area contributed by atoms with Gasteiger partial charge in [0.2, 0.25) is 0 Å². The van der Waals surface area contributed by atoms with Gasteiger partial charge in [0.15, 0.2) is 0 Å². The molecule has 20 heavy (non-hydrogen) atoms. The molecule has 0 amide bonds. The normalized spacial score (nSPS) is 11.9. The number of hydrogen-bond donors (Lipinski definition) is 2. The fraction of sp³-hybridized carbons (Fsp3) is 0.286. The van der Waals surface area contributed by atoms with Crippen LogP contribution >= 0.6 is 19.6 Å². The van der Waals surface area contributed by atoms with Crippen molar-refractivity contribution in [2.75, 3.05) is 18.1 Å². The second kappa shape index (κ2) is 7.25. The van der Waals surface area contributed by atoms with Crippen molar-refractivity contribution in [3.8, 4) is 0 Å². The van der Waals surface area contributed by atoms with Gasteiger partial charge in [-0.05, 0) is 28.5 Å². The molecule has 0 fully saturated rings. The highest BCUT2D eigenvalue weighted by Crippen LogP contribution is 2.35. The molecule has 0 aliphatic heterocycles. The number of hydrogen-bond acceptors (Lipinski definition) is 3. The molecule has 6 heteroatoms. The number of fused-ring (bicyclic) bond motifs is 1. The average Bonchev–Trinajstić information content (AvgIpc) is 2.41. The van der Waals surface area contributed by atoms with Crippen LogP contribution in [-0.2, 0) is 15.5 Å². The van der Waals surface area contributed by atoms with Gasteiger partial charge in [-0.15, -0.1) is 0 Å². The highest BCUT2D eigenvalue weighted by Gasteiger charge is 2.12. The van der Waals surface area contributed by atoms with Gasteiger partial charge in [-0.25, -0.2) is 4.57 Å². The molecular weight excluding hydrogens is 295 g/mol. The highest BCUT2D eigenvalue weighted by molar-refractivity contribution is 7.99. The summed E-state index contributed by atoms with van der Waals surface area (Å²) in [6.07, 6.45) is 0.932. The monoisotopic (exact) mass is 312 g/mol. The van der Waals surface area contributed by atoms with Crippen LogP contribution in [0.2, 0.25) is 0 Å². The summed E-state index contributed by atoms with van der Waals surface area (Å²) < 4.78 is 14.9. The second-order valence-electron chi connectivity index (χ2n) is 4.32. The van der Waals surface area contributed by atoms with E-state index in [-0.39, 0.29) is 6.61 Å². The number of phosphoric ester groups is 1. The fourth-order valence-corrected chi connectivity index (χ4v) is 3.23. The largest absolute Gasteiger partial charge is 0.469 e. The summed E-state index contributed by atoms with van der Waals surface area (Å²) in [5.41, 5.74) is 1.30. The van der Waals surface area contributed by atoms with Crippen LogP contribution in [0.4, 0.5) is 0 Å². The molecule has 0 heterocycles. The molecule has 2 rings (SSSR count). The number of thioether (sulfide) groups is 1. The lowest BCUT2D eigenvalue weighted by Crippen LogP contribution is -1.97. The van der Waals surface area contributed by atoms with Crippen LogP contribution in [0.3, 0.4) is 0 Å². The summed E-state index contributed by atoms with van der Waals surface area (Å²) in [6, 6.07) is 14.5. The van der Waals surface area contributed by atoms with Crippen molar-refractivity contribution >= 4 is 30.4 Å². The summed E-state index contributed by atoms with van der Waals surface area (Å²) in [5, 5.41) is 2.50. The predicted octanol–water partition coefficient (Wildman–Crippen LogP) is 3.22. The van der Waals surface area contributed by atoms with Crippen LogP contribution in [0.25, 0.3) is 10.8 Å². The molecule has 108 valence electrons. The Labute approximate surface area is 122 Å². The number of phosphoric acid groups is 1. The van der Waals surface area contributed by atoms with E-state index in [1.807, 2.05) is 12.1 Å². The molecule has 2 N–H and O–H groups in total. The summed E-state index contributed by atoms with van der Waals surface area (Å²) in [6.45, 7) is 0.0739. The van der Waals surface area contributed by atoms with Crippen molar-refractivity contribution in [1.82, 2.24) is 0 Å².